The molecule has 1 aliphatic rings. The Labute approximate surface area is 102 Å². The Hall–Kier alpha value is -1.35. The van der Waals surface area contributed by atoms with E-state index in [1.165, 1.54) is 0 Å². The van der Waals surface area contributed by atoms with E-state index in [0.29, 0.717) is 18.4 Å². The first kappa shape index (κ1) is 12.1. The van der Waals surface area contributed by atoms with Crippen molar-refractivity contribution in [1.82, 2.24) is 5.32 Å². The van der Waals surface area contributed by atoms with E-state index in [1.807, 2.05) is 30.3 Å². The van der Waals surface area contributed by atoms with Crippen LogP contribution in [0.5, 0.6) is 0 Å². The first-order valence-electron chi connectivity index (χ1n) is 6.06. The average molecular weight is 233 g/mol. The summed E-state index contributed by atoms with van der Waals surface area (Å²) in [6, 6.07) is 10.1. The zero-order chi connectivity index (χ0) is 12.5. The van der Waals surface area contributed by atoms with Gasteiger partial charge < -0.3 is 5.11 Å². The average Bonchev–Trinajstić information content (AvgIpc) is 2.95. The van der Waals surface area contributed by atoms with Crippen molar-refractivity contribution < 1.29 is 9.90 Å². The van der Waals surface area contributed by atoms with Gasteiger partial charge in [0.2, 0.25) is 0 Å². The Morgan fingerprint density at radius 2 is 2.06 bits per heavy atom. The van der Waals surface area contributed by atoms with Crippen molar-refractivity contribution in [1.29, 1.82) is 0 Å². The maximum absolute atomic E-state index is 11.4. The minimum atomic E-state index is -0.864. The van der Waals surface area contributed by atoms with E-state index in [0.717, 1.165) is 12.0 Å². The second-order valence-corrected chi connectivity index (χ2v) is 5.26. The lowest BCUT2D eigenvalue weighted by Gasteiger charge is -2.26. The second kappa shape index (κ2) is 4.49. The van der Waals surface area contributed by atoms with Gasteiger partial charge >= 0.3 is 5.97 Å². The molecule has 1 aromatic rings. The smallest absolute Gasteiger partial charge is 0.323 e. The van der Waals surface area contributed by atoms with Gasteiger partial charge in [-0.1, -0.05) is 37.3 Å². The number of nitrogens with one attached hydrogen (secondary N) is 1. The van der Waals surface area contributed by atoms with Gasteiger partial charge in [-0.15, -0.1) is 0 Å². The molecule has 1 aromatic carbocycles. The molecular formula is C14H19NO2. The summed E-state index contributed by atoms with van der Waals surface area (Å²) in [5, 5.41) is 12.7. The predicted octanol–water partition coefficient (Wildman–Crippen LogP) is 2.07. The van der Waals surface area contributed by atoms with E-state index < -0.39 is 11.5 Å². The molecule has 0 saturated heterocycles. The quantitative estimate of drug-likeness (QED) is 0.818. The summed E-state index contributed by atoms with van der Waals surface area (Å²) in [5.41, 5.74) is 0.190. The summed E-state index contributed by atoms with van der Waals surface area (Å²) >= 11 is 0. The van der Waals surface area contributed by atoms with Crippen LogP contribution in [0.2, 0.25) is 0 Å². The Morgan fingerprint density at radius 3 is 2.53 bits per heavy atom. The molecule has 0 bridgehead atoms. The molecule has 1 fully saturated rings. The highest BCUT2D eigenvalue weighted by Gasteiger charge is 2.42. The van der Waals surface area contributed by atoms with E-state index in [4.69, 9.17) is 0 Å². The Bertz CT molecular complexity index is 404. The van der Waals surface area contributed by atoms with Crippen molar-refractivity contribution in [2.45, 2.75) is 38.3 Å². The lowest BCUT2D eigenvalue weighted by molar-refractivity contribution is -0.144. The molecule has 2 N–H and O–H groups in total. The summed E-state index contributed by atoms with van der Waals surface area (Å²) < 4.78 is 0. The Balaban J connectivity index is 2.08. The molecule has 1 saturated carbocycles. The number of carboxylic acids is 1. The highest BCUT2D eigenvalue weighted by molar-refractivity contribution is 5.78. The van der Waals surface area contributed by atoms with Crippen LogP contribution in [-0.2, 0) is 11.2 Å². The molecule has 92 valence electrons. The minimum Gasteiger partial charge on any atom is -0.480 e. The van der Waals surface area contributed by atoms with E-state index in [9.17, 15) is 9.90 Å². The Morgan fingerprint density at radius 1 is 1.47 bits per heavy atom. The van der Waals surface area contributed by atoms with Crippen LogP contribution >= 0.6 is 0 Å². The highest BCUT2D eigenvalue weighted by Crippen LogP contribution is 2.32. The monoisotopic (exact) mass is 233 g/mol. The summed E-state index contributed by atoms with van der Waals surface area (Å²) in [5.74, 6) is -0.176. The third-order valence-electron chi connectivity index (χ3n) is 3.49. The number of carbonyl (C=O) groups is 1. The van der Waals surface area contributed by atoms with Crippen molar-refractivity contribution in [3.63, 3.8) is 0 Å². The van der Waals surface area contributed by atoms with Gasteiger partial charge in [-0.2, -0.15) is 0 Å². The maximum Gasteiger partial charge on any atom is 0.323 e. The van der Waals surface area contributed by atoms with E-state index >= 15 is 0 Å². The Kier molecular flexibility index (Phi) is 3.20. The SMILES string of the molecule is CC1CC1NC(C)(Cc1ccccc1)C(=O)O. The van der Waals surface area contributed by atoms with Crippen LogP contribution in [0.25, 0.3) is 0 Å². The standard InChI is InChI=1S/C14H19NO2/c1-10-8-12(10)15-14(2,13(16)17)9-11-6-4-3-5-7-11/h3-7,10,12,15H,8-9H2,1-2H3,(H,16,17). The first-order chi connectivity index (χ1) is 8.01. The fourth-order valence-electron chi connectivity index (χ4n) is 2.12. The number of hydrogen-bond acceptors (Lipinski definition) is 2. The molecule has 3 atom stereocenters. The van der Waals surface area contributed by atoms with Crippen molar-refractivity contribution in [3.05, 3.63) is 35.9 Å². The number of hydrogen-bond donors (Lipinski definition) is 2. The largest absolute Gasteiger partial charge is 0.480 e. The highest BCUT2D eigenvalue weighted by atomic mass is 16.4. The molecular weight excluding hydrogens is 214 g/mol. The zero-order valence-electron chi connectivity index (χ0n) is 10.3. The van der Waals surface area contributed by atoms with Gasteiger partial charge in [0, 0.05) is 12.5 Å². The van der Waals surface area contributed by atoms with Gasteiger partial charge in [0.25, 0.3) is 0 Å². The van der Waals surface area contributed by atoms with Gasteiger partial charge in [-0.05, 0) is 24.8 Å². The zero-order valence-corrected chi connectivity index (χ0v) is 10.3. The molecule has 0 aliphatic heterocycles. The van der Waals surface area contributed by atoms with Crippen molar-refractivity contribution in [2.24, 2.45) is 5.92 Å². The molecule has 0 radical (unpaired) electrons. The predicted molar refractivity (Wildman–Crippen MR) is 66.9 cm³/mol. The normalized spacial score (nSPS) is 26.2. The number of benzene rings is 1. The minimum absolute atomic E-state index is 0.361. The van der Waals surface area contributed by atoms with E-state index in [-0.39, 0.29) is 0 Å². The maximum atomic E-state index is 11.4. The van der Waals surface area contributed by atoms with Crippen molar-refractivity contribution in [3.8, 4) is 0 Å². The number of aliphatic carboxylic acids is 1. The topological polar surface area (TPSA) is 49.3 Å². The lowest BCUT2D eigenvalue weighted by atomic mass is 9.92. The fraction of sp³-hybridized carbons (Fsp3) is 0.500. The van der Waals surface area contributed by atoms with Crippen LogP contribution in [0.3, 0.4) is 0 Å². The molecule has 2 rings (SSSR count). The molecule has 17 heavy (non-hydrogen) atoms. The molecule has 3 unspecified atom stereocenters. The first-order valence-corrected chi connectivity index (χ1v) is 6.06. The van der Waals surface area contributed by atoms with Gasteiger partial charge in [-0.3, -0.25) is 10.1 Å². The fourth-order valence-corrected chi connectivity index (χ4v) is 2.12. The summed E-state index contributed by atoms with van der Waals surface area (Å²) in [4.78, 5) is 11.4. The third kappa shape index (κ3) is 2.86. The van der Waals surface area contributed by atoms with Gasteiger partial charge in [0.1, 0.15) is 5.54 Å². The molecule has 3 nitrogen and oxygen atoms in total. The lowest BCUT2D eigenvalue weighted by Crippen LogP contribution is -2.52. The molecule has 3 heteroatoms. The molecule has 0 aromatic heterocycles. The third-order valence-corrected chi connectivity index (χ3v) is 3.49. The van der Waals surface area contributed by atoms with Crippen LogP contribution < -0.4 is 5.32 Å². The molecule has 0 heterocycles. The number of rotatable bonds is 5. The summed E-state index contributed by atoms with van der Waals surface area (Å²) in [6.07, 6.45) is 1.60. The van der Waals surface area contributed by atoms with Crippen molar-refractivity contribution >= 4 is 5.97 Å². The molecule has 1 aliphatic carbocycles. The van der Waals surface area contributed by atoms with Gasteiger partial charge in [0.15, 0.2) is 0 Å². The number of carboxylic acid groups (broad SMARTS) is 1. The van der Waals surface area contributed by atoms with Crippen LogP contribution in [-0.4, -0.2) is 22.7 Å². The molecule has 0 amide bonds. The van der Waals surface area contributed by atoms with Crippen LogP contribution in [0, 0.1) is 5.92 Å². The van der Waals surface area contributed by atoms with Crippen LogP contribution in [0.15, 0.2) is 30.3 Å². The van der Waals surface area contributed by atoms with E-state index in [2.05, 4.69) is 12.2 Å². The van der Waals surface area contributed by atoms with Gasteiger partial charge in [0.05, 0.1) is 0 Å². The summed E-state index contributed by atoms with van der Waals surface area (Å²) in [6.45, 7) is 3.91. The van der Waals surface area contributed by atoms with Crippen LogP contribution in [0.1, 0.15) is 25.8 Å². The second-order valence-electron chi connectivity index (χ2n) is 5.26. The van der Waals surface area contributed by atoms with Gasteiger partial charge in [-0.25, -0.2) is 0 Å². The van der Waals surface area contributed by atoms with Crippen LogP contribution in [0.4, 0.5) is 0 Å². The van der Waals surface area contributed by atoms with Crippen molar-refractivity contribution in [2.75, 3.05) is 0 Å². The molecule has 0 spiro atoms. The summed E-state index contributed by atoms with van der Waals surface area (Å²) in [7, 11) is 0. The van der Waals surface area contributed by atoms with E-state index in [1.54, 1.807) is 6.92 Å².